The summed E-state index contributed by atoms with van der Waals surface area (Å²) in [7, 11) is 0. The number of carboxylic acid groups (broad SMARTS) is 1. The maximum atomic E-state index is 12.2. The van der Waals surface area contributed by atoms with Gasteiger partial charge in [-0.3, -0.25) is 4.79 Å². The molecule has 0 bridgehead atoms. The van der Waals surface area contributed by atoms with Gasteiger partial charge in [0.05, 0.1) is 18.1 Å². The Labute approximate surface area is 299 Å². The fourth-order valence-corrected chi connectivity index (χ4v) is 7.36. The highest BCUT2D eigenvalue weighted by Crippen LogP contribution is 2.32. The first-order valence-corrected chi connectivity index (χ1v) is 21.7. The van der Waals surface area contributed by atoms with Gasteiger partial charge in [-0.1, -0.05) is 194 Å². The first kappa shape index (κ1) is 45.4. The second kappa shape index (κ2) is 34.8. The van der Waals surface area contributed by atoms with Gasteiger partial charge in [-0.15, -0.1) is 0 Å². The average Bonchev–Trinajstić information content (AvgIpc) is 3.08. The van der Waals surface area contributed by atoms with E-state index in [1.54, 1.807) is 0 Å². The summed E-state index contributed by atoms with van der Waals surface area (Å²) in [6.07, 6.45) is 39.5. The Kier molecular flexibility index (Phi) is 32.9. The molecule has 0 aromatic heterocycles. The van der Waals surface area contributed by atoms with E-state index in [2.05, 4.69) is 20.8 Å². The number of carboxylic acids is 1. The van der Waals surface area contributed by atoms with Gasteiger partial charge in [-0.05, 0) is 32.1 Å². The molecule has 1 aliphatic rings. The number of ether oxygens (including phenoxy) is 3. The van der Waals surface area contributed by atoms with Crippen LogP contribution in [0, 0.1) is 5.92 Å². The molecule has 0 saturated heterocycles. The highest BCUT2D eigenvalue weighted by atomic mass is 16.6. The van der Waals surface area contributed by atoms with E-state index >= 15 is 0 Å². The number of hydrogen-bond donors (Lipinski definition) is 1. The summed E-state index contributed by atoms with van der Waals surface area (Å²) in [5.41, 5.74) is 0. The van der Waals surface area contributed by atoms with Gasteiger partial charge in [0.1, 0.15) is 6.10 Å². The molecule has 48 heavy (non-hydrogen) atoms. The quantitative estimate of drug-likeness (QED) is 0.0662. The molecule has 5 nitrogen and oxygen atoms in total. The van der Waals surface area contributed by atoms with Crippen LogP contribution in [0.25, 0.3) is 0 Å². The van der Waals surface area contributed by atoms with Crippen molar-refractivity contribution in [1.29, 1.82) is 0 Å². The SMILES string of the molecule is CCCCCCCCCCCCOC1CC(C(=O)O)CC(OCCCCCCCCCCCC)C1OCCCCCCCCCCCC. The van der Waals surface area contributed by atoms with Gasteiger partial charge < -0.3 is 19.3 Å². The standard InChI is InChI=1S/C43H84O5/c1-4-7-10-13-16-19-22-25-28-31-34-46-40-37-39(43(44)45)38-41(47-35-32-29-26-23-20-17-14-11-8-5-2)42(40)48-36-33-30-27-24-21-18-15-12-9-6-3/h39-42H,4-38H2,1-3H3,(H,44,45). The van der Waals surface area contributed by atoms with Gasteiger partial charge in [0.15, 0.2) is 0 Å². The topological polar surface area (TPSA) is 65.0 Å². The molecule has 0 aliphatic heterocycles. The molecule has 2 unspecified atom stereocenters. The molecule has 0 aromatic carbocycles. The van der Waals surface area contributed by atoms with E-state index in [0.717, 1.165) is 25.9 Å². The molecule has 0 aromatic rings. The van der Waals surface area contributed by atoms with E-state index < -0.39 is 11.9 Å². The van der Waals surface area contributed by atoms with Crippen molar-refractivity contribution in [2.24, 2.45) is 5.92 Å². The van der Waals surface area contributed by atoms with Crippen molar-refractivity contribution < 1.29 is 24.1 Å². The number of hydrogen-bond acceptors (Lipinski definition) is 4. The molecule has 0 radical (unpaired) electrons. The Morgan fingerprint density at radius 1 is 0.417 bits per heavy atom. The third-order valence-electron chi connectivity index (χ3n) is 10.6. The Balaban J connectivity index is 2.49. The van der Waals surface area contributed by atoms with Crippen LogP contribution in [-0.2, 0) is 19.0 Å². The van der Waals surface area contributed by atoms with Crippen molar-refractivity contribution in [3.8, 4) is 0 Å². The molecule has 0 amide bonds. The van der Waals surface area contributed by atoms with Crippen LogP contribution in [0.15, 0.2) is 0 Å². The van der Waals surface area contributed by atoms with Crippen LogP contribution in [0.2, 0.25) is 0 Å². The van der Waals surface area contributed by atoms with E-state index in [9.17, 15) is 9.90 Å². The summed E-state index contributed by atoms with van der Waals surface area (Å²) in [5.74, 6) is -1.14. The van der Waals surface area contributed by atoms with Gasteiger partial charge in [0.25, 0.3) is 0 Å². The van der Waals surface area contributed by atoms with Gasteiger partial charge in [-0.25, -0.2) is 0 Å². The minimum Gasteiger partial charge on any atom is -0.481 e. The normalized spacial score (nSPS) is 19.6. The third-order valence-corrected chi connectivity index (χ3v) is 10.6. The summed E-state index contributed by atoms with van der Waals surface area (Å²) in [4.78, 5) is 12.2. The maximum absolute atomic E-state index is 12.2. The van der Waals surface area contributed by atoms with Crippen LogP contribution < -0.4 is 0 Å². The Hall–Kier alpha value is -0.650. The van der Waals surface area contributed by atoms with Crippen molar-refractivity contribution in [3.05, 3.63) is 0 Å². The fraction of sp³-hybridized carbons (Fsp3) is 0.977. The lowest BCUT2D eigenvalue weighted by Gasteiger charge is -2.40. The van der Waals surface area contributed by atoms with Crippen molar-refractivity contribution in [2.45, 2.75) is 245 Å². The fourth-order valence-electron chi connectivity index (χ4n) is 7.36. The van der Waals surface area contributed by atoms with Crippen molar-refractivity contribution >= 4 is 5.97 Å². The minimum atomic E-state index is -0.719. The predicted molar refractivity (Wildman–Crippen MR) is 205 cm³/mol. The highest BCUT2D eigenvalue weighted by Gasteiger charge is 2.42. The van der Waals surface area contributed by atoms with E-state index in [1.807, 2.05) is 0 Å². The molecule has 1 aliphatic carbocycles. The van der Waals surface area contributed by atoms with E-state index in [-0.39, 0.29) is 18.3 Å². The summed E-state index contributed by atoms with van der Waals surface area (Å²) in [6.45, 7) is 8.93. The zero-order chi connectivity index (χ0) is 34.8. The van der Waals surface area contributed by atoms with E-state index in [4.69, 9.17) is 14.2 Å². The first-order chi connectivity index (χ1) is 23.6. The average molecular weight is 681 g/mol. The maximum Gasteiger partial charge on any atom is 0.306 e. The van der Waals surface area contributed by atoms with Gasteiger partial charge in [0, 0.05) is 19.8 Å². The number of aliphatic carboxylic acids is 1. The van der Waals surface area contributed by atoms with Gasteiger partial charge in [0.2, 0.25) is 0 Å². The molecule has 1 fully saturated rings. The van der Waals surface area contributed by atoms with Crippen molar-refractivity contribution in [3.63, 3.8) is 0 Å². The smallest absolute Gasteiger partial charge is 0.306 e. The van der Waals surface area contributed by atoms with Crippen molar-refractivity contribution in [2.75, 3.05) is 19.8 Å². The van der Waals surface area contributed by atoms with Crippen LogP contribution in [-0.4, -0.2) is 49.2 Å². The molecule has 0 spiro atoms. The number of carbonyl (C=O) groups is 1. The Morgan fingerprint density at radius 3 is 0.938 bits per heavy atom. The minimum absolute atomic E-state index is 0.162. The molecule has 1 rings (SSSR count). The van der Waals surface area contributed by atoms with Crippen LogP contribution in [0.3, 0.4) is 0 Å². The summed E-state index contributed by atoms with van der Waals surface area (Å²) >= 11 is 0. The second-order valence-corrected chi connectivity index (χ2v) is 15.2. The van der Waals surface area contributed by atoms with Crippen LogP contribution >= 0.6 is 0 Å². The van der Waals surface area contributed by atoms with Gasteiger partial charge in [-0.2, -0.15) is 0 Å². The first-order valence-electron chi connectivity index (χ1n) is 21.7. The molecule has 0 heterocycles. The lowest BCUT2D eigenvalue weighted by Crippen LogP contribution is -2.50. The Morgan fingerprint density at radius 2 is 0.667 bits per heavy atom. The predicted octanol–water partition coefficient (Wildman–Crippen LogP) is 13.4. The zero-order valence-electron chi connectivity index (χ0n) is 32.6. The molecule has 286 valence electrons. The highest BCUT2D eigenvalue weighted by molar-refractivity contribution is 5.70. The molecular weight excluding hydrogens is 596 g/mol. The summed E-state index contributed by atoms with van der Waals surface area (Å²) in [5, 5.41) is 10.0. The van der Waals surface area contributed by atoms with E-state index in [1.165, 1.54) is 173 Å². The third kappa shape index (κ3) is 26.2. The number of unbranched alkanes of at least 4 members (excludes halogenated alkanes) is 27. The van der Waals surface area contributed by atoms with Crippen molar-refractivity contribution in [1.82, 2.24) is 0 Å². The second-order valence-electron chi connectivity index (χ2n) is 15.2. The lowest BCUT2D eigenvalue weighted by atomic mass is 9.83. The number of rotatable bonds is 37. The largest absolute Gasteiger partial charge is 0.481 e. The lowest BCUT2D eigenvalue weighted by molar-refractivity contribution is -0.179. The van der Waals surface area contributed by atoms with Crippen LogP contribution in [0.4, 0.5) is 0 Å². The molecular formula is C43H84O5. The van der Waals surface area contributed by atoms with Gasteiger partial charge >= 0.3 is 5.97 Å². The zero-order valence-corrected chi connectivity index (χ0v) is 32.6. The van der Waals surface area contributed by atoms with E-state index in [0.29, 0.717) is 26.1 Å². The molecule has 1 N–H and O–H groups in total. The molecule has 5 heteroatoms. The van der Waals surface area contributed by atoms with Crippen LogP contribution in [0.5, 0.6) is 0 Å². The summed E-state index contributed by atoms with van der Waals surface area (Å²) in [6, 6.07) is 0. The summed E-state index contributed by atoms with van der Waals surface area (Å²) < 4.78 is 19.5. The Bertz CT molecular complexity index is 634. The molecule has 1 saturated carbocycles. The monoisotopic (exact) mass is 681 g/mol. The van der Waals surface area contributed by atoms with Crippen LogP contribution in [0.1, 0.15) is 226 Å². The molecule has 2 atom stereocenters.